The van der Waals surface area contributed by atoms with E-state index in [1.165, 1.54) is 11.3 Å². The van der Waals surface area contributed by atoms with Crippen LogP contribution in [0.25, 0.3) is 0 Å². The lowest BCUT2D eigenvalue weighted by Crippen LogP contribution is -2.43. The van der Waals surface area contributed by atoms with Crippen molar-refractivity contribution in [3.8, 4) is 0 Å². The predicted octanol–water partition coefficient (Wildman–Crippen LogP) is 1.62. The van der Waals surface area contributed by atoms with Crippen molar-refractivity contribution in [2.45, 2.75) is 32.7 Å². The van der Waals surface area contributed by atoms with Crippen LogP contribution in [0.3, 0.4) is 0 Å². The molecule has 0 saturated carbocycles. The van der Waals surface area contributed by atoms with Gasteiger partial charge in [0.05, 0.1) is 0 Å². The van der Waals surface area contributed by atoms with Gasteiger partial charge in [0.15, 0.2) is 0 Å². The summed E-state index contributed by atoms with van der Waals surface area (Å²) in [7, 11) is 2.13. The van der Waals surface area contributed by atoms with Gasteiger partial charge in [0, 0.05) is 36.8 Å². The van der Waals surface area contributed by atoms with Gasteiger partial charge >= 0.3 is 0 Å². The monoisotopic (exact) mass is 273 g/mol. The topological polar surface area (TPSA) is 36.4 Å². The Morgan fingerprint density at radius 1 is 1.25 bits per heavy atom. The van der Waals surface area contributed by atoms with Gasteiger partial charge in [-0.3, -0.25) is 9.78 Å². The lowest BCUT2D eigenvalue weighted by molar-refractivity contribution is -0.138. The van der Waals surface area contributed by atoms with Crippen LogP contribution >= 0.6 is 0 Å². The molecule has 0 spiro atoms. The van der Waals surface area contributed by atoms with Gasteiger partial charge < -0.3 is 9.80 Å². The van der Waals surface area contributed by atoms with Crippen LogP contribution in [0.4, 0.5) is 0 Å². The van der Waals surface area contributed by atoms with Crippen LogP contribution in [0.15, 0.2) is 12.1 Å². The number of amides is 1. The summed E-state index contributed by atoms with van der Waals surface area (Å²) in [6, 6.07) is 4.17. The van der Waals surface area contributed by atoms with E-state index in [0.29, 0.717) is 5.91 Å². The number of piperidine rings is 1. The highest BCUT2D eigenvalue weighted by atomic mass is 16.2. The summed E-state index contributed by atoms with van der Waals surface area (Å²) in [4.78, 5) is 21.6. The smallest absolute Gasteiger partial charge is 0.226 e. The van der Waals surface area contributed by atoms with Crippen LogP contribution in [0.5, 0.6) is 0 Å². The lowest BCUT2D eigenvalue weighted by atomic mass is 9.94. The van der Waals surface area contributed by atoms with Crippen LogP contribution in [-0.4, -0.2) is 47.4 Å². The van der Waals surface area contributed by atoms with Crippen molar-refractivity contribution in [1.29, 1.82) is 0 Å². The molecular weight excluding hydrogens is 250 g/mol. The zero-order chi connectivity index (χ0) is 14.1. The third kappa shape index (κ3) is 2.70. The molecule has 20 heavy (non-hydrogen) atoms. The Bertz CT molecular complexity index is 506. The minimum absolute atomic E-state index is 0.228. The van der Waals surface area contributed by atoms with Gasteiger partial charge in [-0.1, -0.05) is 6.07 Å². The Kier molecular flexibility index (Phi) is 3.74. The van der Waals surface area contributed by atoms with E-state index in [2.05, 4.69) is 23.0 Å². The maximum absolute atomic E-state index is 12.6. The van der Waals surface area contributed by atoms with E-state index < -0.39 is 0 Å². The second-order valence-electron chi connectivity index (χ2n) is 6.15. The number of aromatic nitrogens is 1. The number of aryl methyl sites for hydroxylation is 1. The SMILES string of the molecule is Cc1ccc2c(n1)CCN(C(=O)C1CCN(C)CC1)C2. The first kappa shape index (κ1) is 13.6. The van der Waals surface area contributed by atoms with Crippen LogP contribution in [0.2, 0.25) is 0 Å². The molecule has 0 aliphatic carbocycles. The molecule has 4 nitrogen and oxygen atoms in total. The molecule has 0 N–H and O–H groups in total. The fourth-order valence-electron chi connectivity index (χ4n) is 3.23. The molecule has 2 aliphatic rings. The van der Waals surface area contributed by atoms with Crippen molar-refractivity contribution >= 4 is 5.91 Å². The number of nitrogens with zero attached hydrogens (tertiary/aromatic N) is 3. The maximum atomic E-state index is 12.6. The van der Waals surface area contributed by atoms with E-state index in [1.807, 2.05) is 17.9 Å². The number of rotatable bonds is 1. The van der Waals surface area contributed by atoms with E-state index >= 15 is 0 Å². The molecule has 1 fully saturated rings. The third-order valence-corrected chi connectivity index (χ3v) is 4.57. The Balaban J connectivity index is 1.67. The number of carbonyl (C=O) groups excluding carboxylic acids is 1. The summed E-state index contributed by atoms with van der Waals surface area (Å²) >= 11 is 0. The molecule has 1 saturated heterocycles. The van der Waals surface area contributed by atoms with Crippen molar-refractivity contribution in [2.75, 3.05) is 26.7 Å². The molecule has 1 aromatic rings. The number of carbonyl (C=O) groups is 1. The van der Waals surface area contributed by atoms with Crippen LogP contribution < -0.4 is 0 Å². The molecule has 0 aromatic carbocycles. The molecule has 3 rings (SSSR count). The van der Waals surface area contributed by atoms with Gasteiger partial charge in [-0.2, -0.15) is 0 Å². The fraction of sp³-hybridized carbons (Fsp3) is 0.625. The Morgan fingerprint density at radius 3 is 2.75 bits per heavy atom. The highest BCUT2D eigenvalue weighted by Gasteiger charge is 2.29. The average Bonchev–Trinajstić information content (AvgIpc) is 2.47. The third-order valence-electron chi connectivity index (χ3n) is 4.57. The van der Waals surface area contributed by atoms with Gasteiger partial charge in [0.2, 0.25) is 5.91 Å². The molecule has 1 amide bonds. The van der Waals surface area contributed by atoms with Crippen molar-refractivity contribution in [1.82, 2.24) is 14.8 Å². The average molecular weight is 273 g/mol. The molecule has 0 unspecified atom stereocenters. The second kappa shape index (κ2) is 5.52. The lowest BCUT2D eigenvalue weighted by Gasteiger charge is -2.34. The molecule has 108 valence electrons. The van der Waals surface area contributed by atoms with Crippen LogP contribution in [0, 0.1) is 12.8 Å². The Hall–Kier alpha value is -1.42. The molecular formula is C16H23N3O. The number of fused-ring (bicyclic) bond motifs is 1. The largest absolute Gasteiger partial charge is 0.338 e. The number of likely N-dealkylation sites (tertiary alicyclic amines) is 1. The summed E-state index contributed by atoms with van der Waals surface area (Å²) in [5.74, 6) is 0.579. The first-order valence-electron chi connectivity index (χ1n) is 7.56. The van der Waals surface area contributed by atoms with Crippen LogP contribution in [0.1, 0.15) is 29.8 Å². The maximum Gasteiger partial charge on any atom is 0.226 e. The minimum Gasteiger partial charge on any atom is -0.338 e. The van der Waals surface area contributed by atoms with Crippen molar-refractivity contribution in [2.24, 2.45) is 5.92 Å². The van der Waals surface area contributed by atoms with Gasteiger partial charge in [-0.15, -0.1) is 0 Å². The summed E-state index contributed by atoms with van der Waals surface area (Å²) in [6.45, 7) is 5.68. The molecule has 0 radical (unpaired) electrons. The van der Waals surface area contributed by atoms with E-state index in [4.69, 9.17) is 0 Å². The number of pyridine rings is 1. The summed E-state index contributed by atoms with van der Waals surface area (Å²) in [5, 5.41) is 0. The second-order valence-corrected chi connectivity index (χ2v) is 6.15. The highest BCUT2D eigenvalue weighted by Crippen LogP contribution is 2.23. The fourth-order valence-corrected chi connectivity index (χ4v) is 3.23. The predicted molar refractivity (Wildman–Crippen MR) is 78.3 cm³/mol. The number of hydrogen-bond acceptors (Lipinski definition) is 3. The molecule has 3 heterocycles. The standard InChI is InChI=1S/C16H23N3O/c1-12-3-4-14-11-19(10-7-15(14)17-12)16(20)13-5-8-18(2)9-6-13/h3-4,13H,5-11H2,1-2H3. The Labute approximate surface area is 120 Å². The molecule has 0 bridgehead atoms. The minimum atomic E-state index is 0.228. The van der Waals surface area contributed by atoms with E-state index in [0.717, 1.165) is 51.1 Å². The van der Waals surface area contributed by atoms with E-state index in [1.54, 1.807) is 0 Å². The summed E-state index contributed by atoms with van der Waals surface area (Å²) in [5.41, 5.74) is 3.47. The van der Waals surface area contributed by atoms with Gasteiger partial charge in [-0.25, -0.2) is 0 Å². The van der Waals surface area contributed by atoms with Gasteiger partial charge in [0.1, 0.15) is 0 Å². The van der Waals surface area contributed by atoms with Gasteiger partial charge in [-0.05, 0) is 51.5 Å². The van der Waals surface area contributed by atoms with Gasteiger partial charge in [0.25, 0.3) is 0 Å². The Morgan fingerprint density at radius 2 is 2.00 bits per heavy atom. The van der Waals surface area contributed by atoms with E-state index in [-0.39, 0.29) is 5.92 Å². The number of hydrogen-bond donors (Lipinski definition) is 0. The molecule has 4 heteroatoms. The first-order chi connectivity index (χ1) is 9.63. The zero-order valence-electron chi connectivity index (χ0n) is 12.4. The van der Waals surface area contributed by atoms with E-state index in [9.17, 15) is 4.79 Å². The first-order valence-corrected chi connectivity index (χ1v) is 7.56. The highest BCUT2D eigenvalue weighted by molar-refractivity contribution is 5.79. The van der Waals surface area contributed by atoms with Crippen LogP contribution in [-0.2, 0) is 17.8 Å². The molecule has 0 atom stereocenters. The zero-order valence-corrected chi connectivity index (χ0v) is 12.4. The van der Waals surface area contributed by atoms with Crippen molar-refractivity contribution in [3.63, 3.8) is 0 Å². The summed E-state index contributed by atoms with van der Waals surface area (Å²) < 4.78 is 0. The normalized spacial score (nSPS) is 20.8. The summed E-state index contributed by atoms with van der Waals surface area (Å²) in [6.07, 6.45) is 2.91. The quantitative estimate of drug-likeness (QED) is 0.780. The molecule has 2 aliphatic heterocycles. The van der Waals surface area contributed by atoms with Crippen molar-refractivity contribution in [3.05, 3.63) is 29.1 Å². The van der Waals surface area contributed by atoms with Crippen molar-refractivity contribution < 1.29 is 4.79 Å². The molecule has 1 aromatic heterocycles.